The fourth-order valence-electron chi connectivity index (χ4n) is 4.26. The Bertz CT molecular complexity index is 1290. The molecule has 31 heavy (non-hydrogen) atoms. The molecule has 1 atom stereocenters. The molecule has 1 fully saturated rings. The maximum absolute atomic E-state index is 13.3. The second-order valence-corrected chi connectivity index (χ2v) is 9.77. The van der Waals surface area contributed by atoms with E-state index in [9.17, 15) is 8.42 Å². The van der Waals surface area contributed by atoms with Gasteiger partial charge in [-0.15, -0.1) is 0 Å². The highest BCUT2D eigenvalue weighted by atomic mass is 32.2. The predicted octanol–water partition coefficient (Wildman–Crippen LogP) is 4.28. The molecule has 0 aliphatic carbocycles. The quantitative estimate of drug-likeness (QED) is 0.451. The van der Waals surface area contributed by atoms with E-state index >= 15 is 0 Å². The number of nitrogens with zero attached hydrogens (tertiary/aromatic N) is 4. The van der Waals surface area contributed by atoms with Crippen LogP contribution >= 0.6 is 0 Å². The van der Waals surface area contributed by atoms with Crippen LogP contribution in [0.15, 0.2) is 70.3 Å². The number of sulfonamides is 1. The molecule has 0 saturated carbocycles. The first-order valence-corrected chi connectivity index (χ1v) is 12.0. The third kappa shape index (κ3) is 3.55. The Labute approximate surface area is 181 Å². The molecular formula is C23H24N4O3S. The zero-order valence-corrected chi connectivity index (χ0v) is 18.1. The average Bonchev–Trinajstić information content (AvgIpc) is 3.52. The molecule has 4 heterocycles. The van der Waals surface area contributed by atoms with E-state index in [1.807, 2.05) is 41.0 Å². The van der Waals surface area contributed by atoms with E-state index in [0.29, 0.717) is 36.0 Å². The normalized spacial score (nSPS) is 17.5. The molecule has 0 amide bonds. The van der Waals surface area contributed by atoms with Gasteiger partial charge in [0.25, 0.3) is 0 Å². The summed E-state index contributed by atoms with van der Waals surface area (Å²) in [5, 5.41) is 0. The van der Waals surface area contributed by atoms with Crippen molar-refractivity contribution in [3.63, 3.8) is 0 Å². The number of hydrogen-bond donors (Lipinski definition) is 0. The van der Waals surface area contributed by atoms with E-state index in [0.717, 1.165) is 29.6 Å². The molecule has 0 spiro atoms. The van der Waals surface area contributed by atoms with Crippen LogP contribution in [0.4, 0.5) is 0 Å². The lowest BCUT2D eigenvalue weighted by molar-refractivity contribution is 0.453. The lowest BCUT2D eigenvalue weighted by Crippen LogP contribution is -2.29. The fraction of sp³-hybridized carbons (Fsp3) is 0.304. The van der Waals surface area contributed by atoms with E-state index in [1.165, 1.54) is 0 Å². The van der Waals surface area contributed by atoms with E-state index in [1.54, 1.807) is 28.9 Å². The number of pyridine rings is 1. The summed E-state index contributed by atoms with van der Waals surface area (Å²) in [6.07, 6.45) is 6.00. The molecule has 1 aliphatic heterocycles. The summed E-state index contributed by atoms with van der Waals surface area (Å²) in [4.78, 5) is 9.57. The highest BCUT2D eigenvalue weighted by molar-refractivity contribution is 7.89. The Morgan fingerprint density at radius 1 is 1.13 bits per heavy atom. The van der Waals surface area contributed by atoms with Crippen LogP contribution in [-0.2, 0) is 16.4 Å². The number of benzene rings is 1. The molecule has 5 rings (SSSR count). The van der Waals surface area contributed by atoms with Gasteiger partial charge in [-0.3, -0.25) is 0 Å². The smallest absolute Gasteiger partial charge is 0.243 e. The van der Waals surface area contributed by atoms with E-state index in [-0.39, 0.29) is 6.04 Å². The van der Waals surface area contributed by atoms with Crippen LogP contribution in [0.1, 0.15) is 31.4 Å². The summed E-state index contributed by atoms with van der Waals surface area (Å²) >= 11 is 0. The molecule has 0 radical (unpaired) electrons. The van der Waals surface area contributed by atoms with Crippen LogP contribution < -0.4 is 0 Å². The molecule has 3 aromatic heterocycles. The largest absolute Gasteiger partial charge is 0.461 e. The maximum Gasteiger partial charge on any atom is 0.243 e. The molecule has 0 unspecified atom stereocenters. The summed E-state index contributed by atoms with van der Waals surface area (Å²) in [5.74, 6) is 1.32. The molecule has 7 nitrogen and oxygen atoms in total. The zero-order valence-electron chi connectivity index (χ0n) is 17.3. The van der Waals surface area contributed by atoms with E-state index < -0.39 is 10.0 Å². The van der Waals surface area contributed by atoms with Crippen molar-refractivity contribution in [2.24, 2.45) is 0 Å². The molecule has 1 aromatic carbocycles. The molecule has 0 bridgehead atoms. The molecule has 8 heteroatoms. The number of aromatic nitrogens is 3. The lowest BCUT2D eigenvalue weighted by Gasteiger charge is -2.18. The highest BCUT2D eigenvalue weighted by Crippen LogP contribution is 2.34. The van der Waals surface area contributed by atoms with Crippen LogP contribution in [0.25, 0.3) is 22.7 Å². The number of hydrogen-bond acceptors (Lipinski definition) is 5. The van der Waals surface area contributed by atoms with Crippen molar-refractivity contribution in [3.05, 3.63) is 66.6 Å². The number of aryl methyl sites for hydroxylation is 1. The van der Waals surface area contributed by atoms with Crippen LogP contribution in [0.3, 0.4) is 0 Å². The Morgan fingerprint density at radius 2 is 1.97 bits per heavy atom. The topological polar surface area (TPSA) is 81.2 Å². The van der Waals surface area contributed by atoms with Crippen molar-refractivity contribution in [1.82, 2.24) is 18.8 Å². The third-order valence-electron chi connectivity index (χ3n) is 5.78. The Balaban J connectivity index is 1.47. The standard InChI is InChI=1S/C23H24N4O3S/c1-2-5-17-8-10-19(11-9-17)31(28,29)26-14-12-18(16-26)27-22-20(6-3-13-24-22)25-23(27)21-7-4-15-30-21/h3-4,6-11,13,15,18H,2,5,12,14,16H2,1H3/t18-/m0/s1. The first kappa shape index (κ1) is 20.0. The van der Waals surface area contributed by atoms with Crippen molar-refractivity contribution >= 4 is 21.2 Å². The average molecular weight is 437 g/mol. The Kier molecular flexibility index (Phi) is 5.11. The van der Waals surface area contributed by atoms with Gasteiger partial charge < -0.3 is 8.98 Å². The third-order valence-corrected chi connectivity index (χ3v) is 7.66. The molecule has 1 saturated heterocycles. The summed E-state index contributed by atoms with van der Waals surface area (Å²) in [6, 6.07) is 14.6. The van der Waals surface area contributed by atoms with Gasteiger partial charge in [-0.05, 0) is 54.8 Å². The fourth-order valence-corrected chi connectivity index (χ4v) is 5.75. The molecule has 4 aromatic rings. The maximum atomic E-state index is 13.3. The predicted molar refractivity (Wildman–Crippen MR) is 118 cm³/mol. The second kappa shape index (κ2) is 7.94. The van der Waals surface area contributed by atoms with Gasteiger partial charge in [0, 0.05) is 19.3 Å². The number of fused-ring (bicyclic) bond motifs is 1. The minimum absolute atomic E-state index is 0.0749. The van der Waals surface area contributed by atoms with Gasteiger partial charge in [-0.25, -0.2) is 18.4 Å². The molecule has 0 N–H and O–H groups in total. The monoisotopic (exact) mass is 436 g/mol. The van der Waals surface area contributed by atoms with E-state index in [4.69, 9.17) is 9.40 Å². The van der Waals surface area contributed by atoms with Crippen LogP contribution in [0, 0.1) is 0 Å². The molecule has 1 aliphatic rings. The van der Waals surface area contributed by atoms with Gasteiger partial charge in [-0.1, -0.05) is 25.5 Å². The summed E-state index contributed by atoms with van der Waals surface area (Å²) < 4.78 is 35.7. The molecule has 160 valence electrons. The van der Waals surface area contributed by atoms with Crippen molar-refractivity contribution in [1.29, 1.82) is 0 Å². The van der Waals surface area contributed by atoms with Crippen molar-refractivity contribution in [3.8, 4) is 11.6 Å². The SMILES string of the molecule is CCCc1ccc(S(=O)(=O)N2CC[C@H](n3c(-c4ccco4)nc4cccnc43)C2)cc1. The van der Waals surface area contributed by atoms with Crippen LogP contribution in [0.2, 0.25) is 0 Å². The van der Waals surface area contributed by atoms with Gasteiger partial charge in [0.1, 0.15) is 5.52 Å². The summed E-state index contributed by atoms with van der Waals surface area (Å²) in [6.45, 7) is 2.93. The van der Waals surface area contributed by atoms with Gasteiger partial charge in [0.15, 0.2) is 17.2 Å². The van der Waals surface area contributed by atoms with Crippen molar-refractivity contribution < 1.29 is 12.8 Å². The van der Waals surface area contributed by atoms with Crippen LogP contribution in [0.5, 0.6) is 0 Å². The minimum Gasteiger partial charge on any atom is -0.461 e. The minimum atomic E-state index is -3.56. The number of furan rings is 1. The zero-order chi connectivity index (χ0) is 21.4. The van der Waals surface area contributed by atoms with Crippen LogP contribution in [-0.4, -0.2) is 40.3 Å². The first-order valence-electron chi connectivity index (χ1n) is 10.5. The van der Waals surface area contributed by atoms with Crippen molar-refractivity contribution in [2.75, 3.05) is 13.1 Å². The first-order chi connectivity index (χ1) is 15.1. The Morgan fingerprint density at radius 3 is 2.71 bits per heavy atom. The van der Waals surface area contributed by atoms with Crippen molar-refractivity contribution in [2.45, 2.75) is 37.1 Å². The summed E-state index contributed by atoms with van der Waals surface area (Å²) in [7, 11) is -3.56. The second-order valence-electron chi connectivity index (χ2n) is 7.83. The molecular weight excluding hydrogens is 412 g/mol. The number of imidazole rings is 1. The summed E-state index contributed by atoms with van der Waals surface area (Å²) in [5.41, 5.74) is 2.66. The lowest BCUT2D eigenvalue weighted by atomic mass is 10.1. The highest BCUT2D eigenvalue weighted by Gasteiger charge is 2.35. The van der Waals surface area contributed by atoms with E-state index in [2.05, 4.69) is 11.9 Å². The Hall–Kier alpha value is -2.97. The number of rotatable bonds is 6. The van der Waals surface area contributed by atoms with Gasteiger partial charge in [0.2, 0.25) is 10.0 Å². The van der Waals surface area contributed by atoms with Gasteiger partial charge in [-0.2, -0.15) is 4.31 Å². The van der Waals surface area contributed by atoms with Gasteiger partial charge in [0.05, 0.1) is 17.2 Å². The van der Waals surface area contributed by atoms with Gasteiger partial charge >= 0.3 is 0 Å².